The van der Waals surface area contributed by atoms with E-state index in [-0.39, 0.29) is 46.2 Å². The van der Waals surface area contributed by atoms with E-state index in [4.69, 9.17) is 23.2 Å². The fraction of sp³-hybridized carbons (Fsp3) is 0.139. The minimum atomic E-state index is -4.69. The molecule has 7 nitrogen and oxygen atoms in total. The number of nitriles is 1. The van der Waals surface area contributed by atoms with Crippen LogP contribution in [0.3, 0.4) is 0 Å². The van der Waals surface area contributed by atoms with E-state index in [1.165, 1.54) is 16.7 Å². The van der Waals surface area contributed by atoms with Crippen LogP contribution in [0.5, 0.6) is 0 Å². The Bertz CT molecular complexity index is 2460. The first-order chi connectivity index (χ1) is 24.3. The molecule has 0 spiro atoms. The number of carbonyl (C=O) groups is 2. The first kappa shape index (κ1) is 34.0. The molecule has 2 aliphatic rings. The highest BCUT2D eigenvalue weighted by Crippen LogP contribution is 2.44. The first-order valence-electron chi connectivity index (χ1n) is 15.2. The lowest BCUT2D eigenvalue weighted by Gasteiger charge is -2.19. The van der Waals surface area contributed by atoms with Gasteiger partial charge in [0.25, 0.3) is 11.8 Å². The zero-order valence-electron chi connectivity index (χ0n) is 25.9. The largest absolute Gasteiger partial charge is 0.419 e. The molecule has 0 radical (unpaired) electrons. The predicted octanol–water partition coefficient (Wildman–Crippen LogP) is 8.72. The second-order valence-corrected chi connectivity index (χ2v) is 12.6. The molecule has 0 saturated carbocycles. The average Bonchev–Trinajstić information content (AvgIpc) is 3.64. The van der Waals surface area contributed by atoms with Gasteiger partial charge >= 0.3 is 6.18 Å². The number of nitrogens with zero attached hydrogens (tertiary/aromatic N) is 3. The van der Waals surface area contributed by atoms with E-state index in [0.29, 0.717) is 56.9 Å². The zero-order valence-corrected chi connectivity index (χ0v) is 27.4. The summed E-state index contributed by atoms with van der Waals surface area (Å²) in [5.41, 5.74) is 1.93. The van der Waals surface area contributed by atoms with E-state index in [1.54, 1.807) is 47.0 Å². The minimum Gasteiger partial charge on any atom is -0.349 e. The third kappa shape index (κ3) is 5.94. The topological polar surface area (TPSA) is 91.8 Å². The van der Waals surface area contributed by atoms with Gasteiger partial charge in [-0.25, -0.2) is 13.2 Å². The molecule has 0 aliphatic carbocycles. The summed E-state index contributed by atoms with van der Waals surface area (Å²) in [6, 6.07) is 18.1. The number of nitrogens with one attached hydrogen (secondary N) is 2. The van der Waals surface area contributed by atoms with Gasteiger partial charge in [0, 0.05) is 58.1 Å². The van der Waals surface area contributed by atoms with Crippen molar-refractivity contribution >= 4 is 56.8 Å². The Morgan fingerprint density at radius 2 is 1.35 bits per heavy atom. The maximum atomic E-state index is 13.8. The van der Waals surface area contributed by atoms with Crippen molar-refractivity contribution in [3.05, 3.63) is 117 Å². The summed E-state index contributed by atoms with van der Waals surface area (Å²) >= 11 is 12.0. The van der Waals surface area contributed by atoms with Gasteiger partial charge in [0.2, 0.25) is 0 Å². The highest BCUT2D eigenvalue weighted by atomic mass is 35.5. The monoisotopic (exact) mass is 739 g/mol. The van der Waals surface area contributed by atoms with Gasteiger partial charge in [0.15, 0.2) is 17.5 Å². The van der Waals surface area contributed by atoms with Crippen LogP contribution in [0.15, 0.2) is 66.7 Å². The molecule has 258 valence electrons. The normalized spacial score (nSPS) is 13.9. The average molecular weight is 740 g/mol. The minimum absolute atomic E-state index is 0.0815. The number of fused-ring (bicyclic) bond motifs is 6. The van der Waals surface area contributed by atoms with Gasteiger partial charge in [0.1, 0.15) is 11.4 Å². The van der Waals surface area contributed by atoms with Crippen LogP contribution in [-0.2, 0) is 19.3 Å². The summed E-state index contributed by atoms with van der Waals surface area (Å²) in [5, 5.41) is 15.6. The number of carbonyl (C=O) groups excluding carboxylic acids is 2. The fourth-order valence-corrected chi connectivity index (χ4v) is 6.96. The number of rotatable bonds is 2. The summed E-state index contributed by atoms with van der Waals surface area (Å²) < 4.78 is 85.2. The molecule has 8 rings (SSSR count). The van der Waals surface area contributed by atoms with E-state index >= 15 is 0 Å². The predicted molar refractivity (Wildman–Crippen MR) is 179 cm³/mol. The van der Waals surface area contributed by atoms with Crippen LogP contribution in [0.2, 0.25) is 10.0 Å². The molecule has 0 fully saturated rings. The van der Waals surface area contributed by atoms with E-state index in [9.17, 15) is 41.2 Å². The van der Waals surface area contributed by atoms with Crippen LogP contribution in [0.4, 0.5) is 26.3 Å². The van der Waals surface area contributed by atoms with Crippen LogP contribution in [-0.4, -0.2) is 34.0 Å². The Labute approximate surface area is 294 Å². The van der Waals surface area contributed by atoms with E-state index in [1.807, 2.05) is 6.07 Å². The third-order valence-electron chi connectivity index (χ3n) is 8.67. The maximum absolute atomic E-state index is 13.8. The molecule has 0 bridgehead atoms. The van der Waals surface area contributed by atoms with Gasteiger partial charge in [-0.05, 0) is 65.7 Å². The van der Waals surface area contributed by atoms with Crippen molar-refractivity contribution < 1.29 is 35.9 Å². The molecule has 4 aromatic carbocycles. The molecule has 2 aliphatic heterocycles. The highest BCUT2D eigenvalue weighted by Gasteiger charge is 2.42. The first-order valence-corrected chi connectivity index (χ1v) is 16.0. The second kappa shape index (κ2) is 12.7. The lowest BCUT2D eigenvalue weighted by Crippen LogP contribution is -2.36. The number of hydrogen-bond acceptors (Lipinski definition) is 3. The third-order valence-corrected chi connectivity index (χ3v) is 9.14. The molecular weight excluding hydrogens is 719 g/mol. The van der Waals surface area contributed by atoms with Crippen LogP contribution in [0, 0.1) is 28.8 Å². The van der Waals surface area contributed by atoms with Gasteiger partial charge < -0.3 is 19.8 Å². The highest BCUT2D eigenvalue weighted by molar-refractivity contribution is 6.32. The van der Waals surface area contributed by atoms with Gasteiger partial charge in [-0.3, -0.25) is 9.59 Å². The SMILES string of the molecule is N#Cc1cc(-c2cc(F)c(F)c(F)c2)c2c(c1)cc1n2CCNC1=O.O=C1NCCn2c1c(C(F)(F)F)c1cc(Cl)cc(-c3ccc(Cl)cc3)c12. The second-order valence-electron chi connectivity index (χ2n) is 11.7. The summed E-state index contributed by atoms with van der Waals surface area (Å²) in [6.45, 7) is 1.41. The molecule has 0 unspecified atom stereocenters. The number of halogens is 8. The van der Waals surface area contributed by atoms with Crippen LogP contribution < -0.4 is 10.6 Å². The summed E-state index contributed by atoms with van der Waals surface area (Å²) in [7, 11) is 0. The standard InChI is InChI=1S/C18H11Cl2F3N2O.C18H10F3N3O/c19-10-3-1-9(2-4-10)12-7-11(20)8-13-14(18(21,22)23)16-17(26)24-5-6-25(16)15(12)13;19-13-5-10(6-14(20)16(13)21)12-4-9(8-22)3-11-7-15-18(25)23-1-2-24(15)17(11)12/h1-4,7-8H,5-6H2,(H,24,26);3-7H,1-2H2,(H,23,25). The van der Waals surface area contributed by atoms with Crippen molar-refractivity contribution in [1.82, 2.24) is 19.8 Å². The Hall–Kier alpha value is -5.45. The Morgan fingerprint density at radius 1 is 0.725 bits per heavy atom. The Morgan fingerprint density at radius 3 is 2.00 bits per heavy atom. The number of alkyl halides is 3. The lowest BCUT2D eigenvalue weighted by molar-refractivity contribution is -0.136. The van der Waals surface area contributed by atoms with Crippen molar-refractivity contribution in [1.29, 1.82) is 5.26 Å². The summed E-state index contributed by atoms with van der Waals surface area (Å²) in [6.07, 6.45) is -4.69. The summed E-state index contributed by atoms with van der Waals surface area (Å²) in [4.78, 5) is 24.3. The molecule has 0 saturated heterocycles. The quantitative estimate of drug-likeness (QED) is 0.138. The van der Waals surface area contributed by atoms with Crippen LogP contribution in [0.1, 0.15) is 32.1 Å². The molecule has 6 aromatic rings. The molecular formula is C36H21Cl2F6N5O2. The van der Waals surface area contributed by atoms with Gasteiger partial charge in [-0.1, -0.05) is 35.3 Å². The van der Waals surface area contributed by atoms with Gasteiger partial charge in [-0.15, -0.1) is 0 Å². The molecule has 0 atom stereocenters. The molecule has 51 heavy (non-hydrogen) atoms. The van der Waals surface area contributed by atoms with Crippen LogP contribution in [0.25, 0.3) is 44.1 Å². The Kier molecular flexibility index (Phi) is 8.47. The van der Waals surface area contributed by atoms with E-state index in [0.717, 1.165) is 12.1 Å². The van der Waals surface area contributed by atoms with Gasteiger partial charge in [-0.2, -0.15) is 18.4 Å². The number of benzene rings is 4. The van der Waals surface area contributed by atoms with Crippen molar-refractivity contribution in [2.45, 2.75) is 19.3 Å². The van der Waals surface area contributed by atoms with Crippen molar-refractivity contribution in [2.75, 3.05) is 13.1 Å². The maximum Gasteiger partial charge on any atom is 0.419 e. The van der Waals surface area contributed by atoms with Crippen molar-refractivity contribution in [3.63, 3.8) is 0 Å². The summed E-state index contributed by atoms with van der Waals surface area (Å²) in [5.74, 6) is -5.17. The van der Waals surface area contributed by atoms with E-state index in [2.05, 4.69) is 10.6 Å². The molecule has 15 heteroatoms. The van der Waals surface area contributed by atoms with Gasteiger partial charge in [0.05, 0.1) is 28.2 Å². The van der Waals surface area contributed by atoms with Crippen molar-refractivity contribution in [2.24, 2.45) is 0 Å². The zero-order chi connectivity index (χ0) is 36.4. The number of hydrogen-bond donors (Lipinski definition) is 2. The molecule has 2 aromatic heterocycles. The lowest BCUT2D eigenvalue weighted by atomic mass is 9.99. The smallest absolute Gasteiger partial charge is 0.349 e. The molecule has 4 heterocycles. The van der Waals surface area contributed by atoms with Crippen molar-refractivity contribution in [3.8, 4) is 28.3 Å². The fourth-order valence-electron chi connectivity index (χ4n) is 6.62. The molecule has 2 amide bonds. The number of amides is 2. The molecule has 2 N–H and O–H groups in total. The van der Waals surface area contributed by atoms with E-state index < -0.39 is 35.1 Å². The number of aromatic nitrogens is 2. The Balaban J connectivity index is 0.000000159. The van der Waals surface area contributed by atoms with Crippen LogP contribution >= 0.6 is 23.2 Å².